The van der Waals surface area contributed by atoms with Crippen molar-refractivity contribution < 1.29 is 0 Å². The van der Waals surface area contributed by atoms with E-state index in [-0.39, 0.29) is 0 Å². The second-order valence-corrected chi connectivity index (χ2v) is 7.12. The second-order valence-electron chi connectivity index (χ2n) is 7.12. The van der Waals surface area contributed by atoms with Crippen molar-refractivity contribution in [1.29, 1.82) is 0 Å². The number of benzene rings is 1. The highest BCUT2D eigenvalue weighted by Gasteiger charge is 2.24. The molecule has 22 heavy (non-hydrogen) atoms. The minimum Gasteiger partial charge on any atom is -0.0842 e. The molecular weight excluding hydrogens is 264 g/mol. The zero-order chi connectivity index (χ0) is 15.1. The van der Waals surface area contributed by atoms with Crippen molar-refractivity contribution in [2.24, 2.45) is 11.8 Å². The van der Waals surface area contributed by atoms with Gasteiger partial charge in [0.25, 0.3) is 0 Å². The van der Waals surface area contributed by atoms with E-state index in [2.05, 4.69) is 62.4 Å². The van der Waals surface area contributed by atoms with Crippen LogP contribution in [0.25, 0.3) is 11.1 Å². The smallest absolute Gasteiger partial charge is 0.0112 e. The lowest BCUT2D eigenvalue weighted by atomic mass is 9.75. The topological polar surface area (TPSA) is 0 Å². The van der Waals surface area contributed by atoms with Gasteiger partial charge in [0.05, 0.1) is 0 Å². The Morgan fingerprint density at radius 2 is 1.86 bits per heavy atom. The van der Waals surface area contributed by atoms with Gasteiger partial charge >= 0.3 is 0 Å². The van der Waals surface area contributed by atoms with E-state index in [1.807, 2.05) is 0 Å². The summed E-state index contributed by atoms with van der Waals surface area (Å²) in [6.45, 7) is 4.58. The number of hydrogen-bond acceptors (Lipinski definition) is 0. The predicted octanol–water partition coefficient (Wildman–Crippen LogP) is 4.27. The molecule has 0 aromatic heterocycles. The third-order valence-corrected chi connectivity index (χ3v) is 5.31. The quantitative estimate of drug-likeness (QED) is 0.724. The van der Waals surface area contributed by atoms with E-state index in [1.165, 1.54) is 41.7 Å². The standard InChI is InChI=1S/C22H24/c1-15-11-16(2)13-18(12-15)22-14-17-7-3-4-8-19(17)20-9-5-6-10-21(20)22/h4-6,8-12,16-17H,3,7,13-14H2,1-2H3. The highest BCUT2D eigenvalue weighted by Crippen LogP contribution is 2.37. The van der Waals surface area contributed by atoms with Crippen molar-refractivity contribution >= 4 is 11.1 Å². The molecule has 0 nitrogen and oxygen atoms in total. The van der Waals surface area contributed by atoms with Gasteiger partial charge in [0.15, 0.2) is 0 Å². The van der Waals surface area contributed by atoms with Crippen LogP contribution >= 0.6 is 0 Å². The van der Waals surface area contributed by atoms with Gasteiger partial charge < -0.3 is 0 Å². The average Bonchev–Trinajstić information content (AvgIpc) is 2.53. The maximum absolute atomic E-state index is 2.43. The van der Waals surface area contributed by atoms with E-state index in [0.717, 1.165) is 5.92 Å². The van der Waals surface area contributed by atoms with Gasteiger partial charge in [-0.1, -0.05) is 61.1 Å². The van der Waals surface area contributed by atoms with Crippen LogP contribution in [0.15, 0.2) is 59.7 Å². The minimum atomic E-state index is 0.663. The Balaban J connectivity index is 1.98. The fourth-order valence-electron chi connectivity index (χ4n) is 4.43. The molecule has 4 rings (SSSR count). The largest absolute Gasteiger partial charge is 0.0842 e. The van der Waals surface area contributed by atoms with Crippen LogP contribution in [0, 0.1) is 11.8 Å². The summed E-state index contributed by atoms with van der Waals surface area (Å²) < 4.78 is 0. The first-order chi connectivity index (χ1) is 10.7. The molecule has 112 valence electrons. The van der Waals surface area contributed by atoms with E-state index < -0.39 is 0 Å². The van der Waals surface area contributed by atoms with Crippen LogP contribution in [-0.4, -0.2) is 0 Å². The average molecular weight is 288 g/mol. The van der Waals surface area contributed by atoms with Crippen molar-refractivity contribution in [2.45, 2.75) is 39.5 Å². The summed E-state index contributed by atoms with van der Waals surface area (Å²) in [5.74, 6) is 1.38. The summed E-state index contributed by atoms with van der Waals surface area (Å²) in [6, 6.07) is 9.04. The molecule has 3 aliphatic rings. The molecule has 0 spiro atoms. The molecule has 0 fully saturated rings. The summed E-state index contributed by atoms with van der Waals surface area (Å²) >= 11 is 0. The lowest BCUT2D eigenvalue weighted by molar-refractivity contribution is 0.606. The first kappa shape index (κ1) is 13.8. The summed E-state index contributed by atoms with van der Waals surface area (Å²) in [4.78, 5) is 0. The molecule has 0 heterocycles. The Kier molecular flexibility index (Phi) is 3.41. The monoisotopic (exact) mass is 288 g/mol. The summed E-state index contributed by atoms with van der Waals surface area (Å²) in [5, 5.41) is 2.96. The van der Waals surface area contributed by atoms with E-state index in [9.17, 15) is 0 Å². The van der Waals surface area contributed by atoms with Crippen molar-refractivity contribution in [3.8, 4) is 0 Å². The van der Waals surface area contributed by atoms with Crippen LogP contribution in [0.5, 0.6) is 0 Å². The van der Waals surface area contributed by atoms with Crippen LogP contribution < -0.4 is 10.4 Å². The Morgan fingerprint density at radius 3 is 2.68 bits per heavy atom. The van der Waals surface area contributed by atoms with Crippen LogP contribution in [0.4, 0.5) is 0 Å². The van der Waals surface area contributed by atoms with Crippen LogP contribution in [0.2, 0.25) is 0 Å². The molecule has 0 aliphatic heterocycles. The first-order valence-electron chi connectivity index (χ1n) is 8.60. The third kappa shape index (κ3) is 2.31. The maximum atomic E-state index is 2.43. The van der Waals surface area contributed by atoms with Gasteiger partial charge in [-0.15, -0.1) is 0 Å². The molecule has 0 amide bonds. The Hall–Kier alpha value is -1.82. The van der Waals surface area contributed by atoms with E-state index in [4.69, 9.17) is 0 Å². The highest BCUT2D eigenvalue weighted by molar-refractivity contribution is 5.74. The number of fused-ring (bicyclic) bond motifs is 2. The van der Waals surface area contributed by atoms with Crippen LogP contribution in [0.3, 0.4) is 0 Å². The van der Waals surface area contributed by atoms with E-state index in [1.54, 1.807) is 16.7 Å². The van der Waals surface area contributed by atoms with Gasteiger partial charge in [0.2, 0.25) is 0 Å². The SMILES string of the molecule is CC1=CC(C)CC(C2=c3ccccc3=C3C=CCCC3C2)=C1. The molecule has 0 saturated heterocycles. The van der Waals surface area contributed by atoms with Crippen LogP contribution in [-0.2, 0) is 0 Å². The fraction of sp³-hybridized carbons (Fsp3) is 0.364. The molecule has 0 radical (unpaired) electrons. The predicted molar refractivity (Wildman–Crippen MR) is 94.6 cm³/mol. The lowest BCUT2D eigenvalue weighted by Gasteiger charge is -2.29. The Morgan fingerprint density at radius 1 is 1.05 bits per heavy atom. The highest BCUT2D eigenvalue weighted by atomic mass is 14.3. The molecule has 0 heteroatoms. The van der Waals surface area contributed by atoms with E-state index >= 15 is 0 Å². The molecule has 0 saturated carbocycles. The second kappa shape index (κ2) is 5.43. The molecule has 3 aliphatic carbocycles. The zero-order valence-corrected chi connectivity index (χ0v) is 13.6. The normalized spacial score (nSPS) is 27.0. The van der Waals surface area contributed by atoms with Crippen molar-refractivity contribution in [2.75, 3.05) is 0 Å². The number of hydrogen-bond donors (Lipinski definition) is 0. The number of allylic oxidation sites excluding steroid dienone is 6. The molecule has 2 atom stereocenters. The Labute approximate surface area is 133 Å². The molecular formula is C22H24. The summed E-state index contributed by atoms with van der Waals surface area (Å²) in [7, 11) is 0. The Bertz CT molecular complexity index is 814. The summed E-state index contributed by atoms with van der Waals surface area (Å²) in [5.41, 5.74) is 6.19. The molecule has 0 bridgehead atoms. The molecule has 0 N–H and O–H groups in total. The molecule has 2 unspecified atom stereocenters. The van der Waals surface area contributed by atoms with Gasteiger partial charge in [0.1, 0.15) is 0 Å². The minimum absolute atomic E-state index is 0.663. The van der Waals surface area contributed by atoms with Gasteiger partial charge in [-0.25, -0.2) is 0 Å². The molecule has 1 aromatic carbocycles. The lowest BCUT2D eigenvalue weighted by Crippen LogP contribution is -2.36. The van der Waals surface area contributed by atoms with Gasteiger partial charge in [-0.05, 0) is 71.6 Å². The van der Waals surface area contributed by atoms with Gasteiger partial charge in [-0.2, -0.15) is 0 Å². The van der Waals surface area contributed by atoms with Gasteiger partial charge in [-0.3, -0.25) is 0 Å². The van der Waals surface area contributed by atoms with Crippen molar-refractivity contribution in [1.82, 2.24) is 0 Å². The number of rotatable bonds is 1. The zero-order valence-electron chi connectivity index (χ0n) is 13.6. The fourth-order valence-corrected chi connectivity index (χ4v) is 4.43. The van der Waals surface area contributed by atoms with Crippen LogP contribution in [0.1, 0.15) is 39.5 Å². The van der Waals surface area contributed by atoms with Crippen molar-refractivity contribution in [3.05, 3.63) is 70.2 Å². The summed E-state index contributed by atoms with van der Waals surface area (Å²) in [6.07, 6.45) is 14.5. The maximum Gasteiger partial charge on any atom is -0.0112 e. The van der Waals surface area contributed by atoms with Crippen molar-refractivity contribution in [3.63, 3.8) is 0 Å². The molecule has 1 aromatic rings. The first-order valence-corrected chi connectivity index (χ1v) is 8.60. The van der Waals surface area contributed by atoms with E-state index in [0.29, 0.717) is 5.92 Å². The van der Waals surface area contributed by atoms with Gasteiger partial charge in [0, 0.05) is 0 Å². The third-order valence-electron chi connectivity index (χ3n) is 5.31.